The lowest BCUT2D eigenvalue weighted by Gasteiger charge is -2.45. The van der Waals surface area contributed by atoms with Crippen LogP contribution in [0.2, 0.25) is 0 Å². The van der Waals surface area contributed by atoms with Gasteiger partial charge in [-0.15, -0.1) is 0 Å². The number of hydrogen-bond donors (Lipinski definition) is 0. The molecule has 5 aliphatic rings. The number of ether oxygens (including phenoxy) is 1. The summed E-state index contributed by atoms with van der Waals surface area (Å²) in [6.45, 7) is 6.04. The quantitative estimate of drug-likeness (QED) is 0.661. The Hall–Kier alpha value is -2.99. The lowest BCUT2D eigenvalue weighted by Crippen LogP contribution is -2.54. The van der Waals surface area contributed by atoms with Crippen molar-refractivity contribution in [2.24, 2.45) is 17.8 Å². The van der Waals surface area contributed by atoms with Crippen molar-refractivity contribution in [2.45, 2.75) is 38.1 Å². The van der Waals surface area contributed by atoms with Crippen LogP contribution in [0.1, 0.15) is 54.4 Å². The van der Waals surface area contributed by atoms with E-state index in [1.807, 2.05) is 38.1 Å². The molecule has 2 heterocycles. The van der Waals surface area contributed by atoms with Crippen molar-refractivity contribution in [1.29, 1.82) is 0 Å². The summed E-state index contributed by atoms with van der Waals surface area (Å²) >= 11 is 0. The first-order valence-corrected chi connectivity index (χ1v) is 12.4. The third kappa shape index (κ3) is 3.01. The molecule has 176 valence electrons. The first-order valence-electron chi connectivity index (χ1n) is 12.4. The average Bonchev–Trinajstić information content (AvgIpc) is 3.13. The molecule has 0 saturated carbocycles. The zero-order valence-electron chi connectivity index (χ0n) is 19.6. The van der Waals surface area contributed by atoms with Crippen LogP contribution in [0.15, 0.2) is 48.5 Å². The van der Waals surface area contributed by atoms with Crippen molar-refractivity contribution < 1.29 is 19.1 Å². The minimum Gasteiger partial charge on any atom is -0.378 e. The van der Waals surface area contributed by atoms with E-state index in [1.54, 1.807) is 4.90 Å². The normalized spacial score (nSPS) is 28.1. The van der Waals surface area contributed by atoms with E-state index in [0.29, 0.717) is 32.7 Å². The molecule has 3 atom stereocenters. The third-order valence-electron chi connectivity index (χ3n) is 8.10. The summed E-state index contributed by atoms with van der Waals surface area (Å²) in [7, 11) is 0. The van der Waals surface area contributed by atoms with Crippen LogP contribution >= 0.6 is 0 Å². The fourth-order valence-corrected chi connectivity index (χ4v) is 6.77. The Morgan fingerprint density at radius 3 is 1.71 bits per heavy atom. The largest absolute Gasteiger partial charge is 0.378 e. The van der Waals surface area contributed by atoms with E-state index in [9.17, 15) is 14.4 Å². The molecule has 0 aromatic heterocycles. The van der Waals surface area contributed by atoms with Gasteiger partial charge in [0.2, 0.25) is 17.7 Å². The Morgan fingerprint density at radius 2 is 1.29 bits per heavy atom. The van der Waals surface area contributed by atoms with Crippen LogP contribution in [-0.2, 0) is 19.1 Å². The molecule has 2 aromatic rings. The zero-order chi connectivity index (χ0) is 23.6. The molecule has 0 unspecified atom stereocenters. The zero-order valence-corrected chi connectivity index (χ0v) is 19.6. The standard InChI is InChI=1S/C28H30N2O4/c1-16(2)15-21(26(31)29-11-13-34-14-12-29)30-27(32)24-22-17-7-3-4-8-18(17)23(25(24)28(30)33)20-10-6-5-9-19(20)22/h3-10,16,21-25H,11-15H2,1-2H3/t21-,22?,23?,24-,25+/m0/s1. The SMILES string of the molecule is CC(C)C[C@@H](C(=O)N1CCOCC1)N1C(=O)[C@@H]2C3c4ccccc4C(c4ccccc43)[C@@H]2C1=O. The highest BCUT2D eigenvalue weighted by Gasteiger charge is 2.63. The van der Waals surface area contributed by atoms with Crippen molar-refractivity contribution in [2.75, 3.05) is 26.3 Å². The van der Waals surface area contributed by atoms with Gasteiger partial charge in [0, 0.05) is 24.9 Å². The molecule has 2 aliphatic heterocycles. The molecular weight excluding hydrogens is 428 g/mol. The Bertz CT molecular complexity index is 1050. The van der Waals surface area contributed by atoms with Gasteiger partial charge in [-0.25, -0.2) is 0 Å². The summed E-state index contributed by atoms with van der Waals surface area (Å²) in [6, 6.07) is 15.7. The molecule has 6 heteroatoms. The van der Waals surface area contributed by atoms with Gasteiger partial charge in [-0.1, -0.05) is 62.4 Å². The highest BCUT2D eigenvalue weighted by molar-refractivity contribution is 6.10. The first kappa shape index (κ1) is 21.5. The molecule has 0 N–H and O–H groups in total. The summed E-state index contributed by atoms with van der Waals surface area (Å²) < 4.78 is 5.42. The molecule has 2 bridgehead atoms. The van der Waals surface area contributed by atoms with Gasteiger partial charge in [-0.05, 0) is 34.6 Å². The Labute approximate surface area is 199 Å². The van der Waals surface area contributed by atoms with E-state index in [4.69, 9.17) is 4.74 Å². The van der Waals surface area contributed by atoms with E-state index in [0.717, 1.165) is 22.3 Å². The van der Waals surface area contributed by atoms with E-state index in [2.05, 4.69) is 24.3 Å². The minimum absolute atomic E-state index is 0.125. The first-order chi connectivity index (χ1) is 16.5. The van der Waals surface area contributed by atoms with Crippen LogP contribution in [0.4, 0.5) is 0 Å². The highest BCUT2D eigenvalue weighted by atomic mass is 16.5. The Balaban J connectivity index is 1.44. The minimum atomic E-state index is -0.755. The van der Waals surface area contributed by atoms with Crippen LogP contribution < -0.4 is 0 Å². The van der Waals surface area contributed by atoms with Gasteiger partial charge in [0.1, 0.15) is 6.04 Å². The second-order valence-corrected chi connectivity index (χ2v) is 10.4. The van der Waals surface area contributed by atoms with Gasteiger partial charge in [-0.2, -0.15) is 0 Å². The number of amides is 3. The highest BCUT2D eigenvalue weighted by Crippen LogP contribution is 2.61. The van der Waals surface area contributed by atoms with Crippen molar-refractivity contribution >= 4 is 17.7 Å². The van der Waals surface area contributed by atoms with Crippen LogP contribution in [-0.4, -0.2) is 59.9 Å². The van der Waals surface area contributed by atoms with Gasteiger partial charge in [0.15, 0.2) is 0 Å². The number of hydrogen-bond acceptors (Lipinski definition) is 4. The smallest absolute Gasteiger partial charge is 0.246 e. The van der Waals surface area contributed by atoms with Crippen molar-refractivity contribution in [3.05, 3.63) is 70.8 Å². The number of carbonyl (C=O) groups excluding carboxylic acids is 3. The molecule has 2 saturated heterocycles. The van der Waals surface area contributed by atoms with Crippen LogP contribution in [0.3, 0.4) is 0 Å². The monoisotopic (exact) mass is 458 g/mol. The molecular formula is C28H30N2O4. The second-order valence-electron chi connectivity index (χ2n) is 10.4. The predicted octanol–water partition coefficient (Wildman–Crippen LogP) is 3.15. The number of rotatable bonds is 4. The Kier molecular flexibility index (Phi) is 5.10. The van der Waals surface area contributed by atoms with Crippen LogP contribution in [0, 0.1) is 17.8 Å². The lowest BCUT2D eigenvalue weighted by atomic mass is 9.55. The average molecular weight is 459 g/mol. The molecule has 0 spiro atoms. The molecule has 3 amide bonds. The van der Waals surface area contributed by atoms with Gasteiger partial charge >= 0.3 is 0 Å². The third-order valence-corrected chi connectivity index (χ3v) is 8.10. The number of imide groups is 1. The molecule has 7 rings (SSSR count). The van der Waals surface area contributed by atoms with Crippen LogP contribution in [0.25, 0.3) is 0 Å². The van der Waals surface area contributed by atoms with Gasteiger partial charge < -0.3 is 9.64 Å². The summed E-state index contributed by atoms with van der Waals surface area (Å²) in [5.74, 6) is -1.51. The van der Waals surface area contributed by atoms with Gasteiger partial charge in [-0.3, -0.25) is 19.3 Å². The number of likely N-dealkylation sites (tertiary alicyclic amines) is 1. The summed E-state index contributed by atoms with van der Waals surface area (Å²) in [4.78, 5) is 44.9. The summed E-state index contributed by atoms with van der Waals surface area (Å²) in [5, 5.41) is 0. The molecule has 6 nitrogen and oxygen atoms in total. The Morgan fingerprint density at radius 1 is 0.853 bits per heavy atom. The second kappa shape index (κ2) is 8.05. The van der Waals surface area contributed by atoms with Crippen molar-refractivity contribution in [1.82, 2.24) is 9.80 Å². The van der Waals surface area contributed by atoms with Crippen LogP contribution in [0.5, 0.6) is 0 Å². The summed E-state index contributed by atoms with van der Waals surface area (Å²) in [6.07, 6.45) is 0.475. The van der Waals surface area contributed by atoms with E-state index in [-0.39, 0.29) is 35.5 Å². The van der Waals surface area contributed by atoms with Gasteiger partial charge in [0.25, 0.3) is 0 Å². The van der Waals surface area contributed by atoms with E-state index < -0.39 is 17.9 Å². The fourth-order valence-electron chi connectivity index (χ4n) is 6.77. The number of nitrogens with zero attached hydrogens (tertiary/aromatic N) is 2. The number of carbonyl (C=O) groups is 3. The summed E-state index contributed by atoms with van der Waals surface area (Å²) in [5.41, 5.74) is 4.59. The van der Waals surface area contributed by atoms with Crippen molar-refractivity contribution in [3.63, 3.8) is 0 Å². The molecule has 34 heavy (non-hydrogen) atoms. The fraction of sp³-hybridized carbons (Fsp3) is 0.464. The maximum atomic E-state index is 14.1. The topological polar surface area (TPSA) is 66.9 Å². The lowest BCUT2D eigenvalue weighted by molar-refractivity contribution is -0.154. The van der Waals surface area contributed by atoms with E-state index in [1.165, 1.54) is 4.90 Å². The number of morpholine rings is 1. The molecule has 3 aliphatic carbocycles. The number of benzene rings is 2. The maximum Gasteiger partial charge on any atom is 0.246 e. The molecule has 2 fully saturated rings. The maximum absolute atomic E-state index is 14.1. The van der Waals surface area contributed by atoms with Gasteiger partial charge in [0.05, 0.1) is 25.0 Å². The predicted molar refractivity (Wildman–Crippen MR) is 126 cm³/mol. The van der Waals surface area contributed by atoms with E-state index >= 15 is 0 Å². The molecule has 2 aromatic carbocycles. The van der Waals surface area contributed by atoms with Crippen molar-refractivity contribution in [3.8, 4) is 0 Å². The molecule has 0 radical (unpaired) electrons.